The van der Waals surface area contributed by atoms with Crippen LogP contribution in [-0.4, -0.2) is 96.7 Å². The fourth-order valence-corrected chi connectivity index (χ4v) is 15.6. The lowest BCUT2D eigenvalue weighted by Crippen LogP contribution is -2.30. The molecule has 0 bridgehead atoms. The lowest BCUT2D eigenvalue weighted by molar-refractivity contribution is -0.161. The molecule has 0 aliphatic heterocycles. The van der Waals surface area contributed by atoms with E-state index in [0.29, 0.717) is 25.7 Å². The third-order valence-electron chi connectivity index (χ3n) is 21.1. The SMILES string of the molecule is CCCCCCCCCCCCCCCCCCCCCCCC(=O)O[C@H](COC(=O)CCCCCCCCCCCCCCCCCCCCCC)COP(=O)(O)OC[C@@H](O)COP(=O)(O)OC[C@@H](COC(=O)CCCCCCCCCCC)OC(=O)CCCCCCCCCCCCCCCCCCCC. The third-order valence-corrected chi connectivity index (χ3v) is 23.0. The van der Waals surface area contributed by atoms with E-state index in [0.717, 1.165) is 89.9 Å². The Kier molecular flexibility index (Phi) is 81.5. The summed E-state index contributed by atoms with van der Waals surface area (Å²) in [6.07, 6.45) is 79.4. The normalized spacial score (nSPS) is 13.7. The minimum absolute atomic E-state index is 0.109. The van der Waals surface area contributed by atoms with Gasteiger partial charge < -0.3 is 33.8 Å². The Labute approximate surface area is 664 Å². The van der Waals surface area contributed by atoms with Crippen LogP contribution in [0.3, 0.4) is 0 Å². The van der Waals surface area contributed by atoms with Crippen molar-refractivity contribution >= 4 is 39.5 Å². The summed E-state index contributed by atoms with van der Waals surface area (Å²) in [5.41, 5.74) is 0. The molecule has 0 aromatic rings. The van der Waals surface area contributed by atoms with Crippen LogP contribution in [0.5, 0.6) is 0 Å². The minimum Gasteiger partial charge on any atom is -0.462 e. The van der Waals surface area contributed by atoms with Gasteiger partial charge in [0.05, 0.1) is 26.4 Å². The largest absolute Gasteiger partial charge is 0.472 e. The number of phosphoric acid groups is 2. The number of carbonyl (C=O) groups is 4. The molecular formula is C89H174O17P2. The topological polar surface area (TPSA) is 237 Å². The summed E-state index contributed by atoms with van der Waals surface area (Å²) in [5.74, 6) is -2.10. The number of rotatable bonds is 90. The van der Waals surface area contributed by atoms with Gasteiger partial charge in [-0.15, -0.1) is 0 Å². The molecule has 642 valence electrons. The van der Waals surface area contributed by atoms with Crippen molar-refractivity contribution in [3.05, 3.63) is 0 Å². The summed E-state index contributed by atoms with van der Waals surface area (Å²) >= 11 is 0. The molecule has 0 aliphatic carbocycles. The number of esters is 4. The predicted molar refractivity (Wildman–Crippen MR) is 446 cm³/mol. The molecule has 0 rings (SSSR count). The number of phosphoric ester groups is 2. The summed E-state index contributed by atoms with van der Waals surface area (Å²) in [7, 11) is -9.93. The Morgan fingerprint density at radius 1 is 0.222 bits per heavy atom. The van der Waals surface area contributed by atoms with Crippen molar-refractivity contribution in [1.29, 1.82) is 0 Å². The Bertz CT molecular complexity index is 2030. The van der Waals surface area contributed by atoms with Gasteiger partial charge in [-0.3, -0.25) is 37.3 Å². The van der Waals surface area contributed by atoms with Gasteiger partial charge in [-0.25, -0.2) is 9.13 Å². The van der Waals surface area contributed by atoms with E-state index in [4.69, 9.17) is 37.0 Å². The van der Waals surface area contributed by atoms with Gasteiger partial charge in [0, 0.05) is 25.7 Å². The molecule has 19 heteroatoms. The molecule has 0 heterocycles. The van der Waals surface area contributed by atoms with Gasteiger partial charge in [0.15, 0.2) is 12.2 Å². The molecule has 17 nitrogen and oxygen atoms in total. The zero-order valence-electron chi connectivity index (χ0n) is 70.8. The monoisotopic (exact) mass is 1580 g/mol. The molecule has 0 spiro atoms. The van der Waals surface area contributed by atoms with Crippen molar-refractivity contribution in [3.8, 4) is 0 Å². The second-order valence-corrected chi connectivity index (χ2v) is 34.9. The van der Waals surface area contributed by atoms with Crippen molar-refractivity contribution in [3.63, 3.8) is 0 Å². The van der Waals surface area contributed by atoms with Crippen molar-refractivity contribution in [2.45, 2.75) is 508 Å². The zero-order valence-corrected chi connectivity index (χ0v) is 72.6. The first kappa shape index (κ1) is 106. The molecule has 0 aromatic carbocycles. The fraction of sp³-hybridized carbons (Fsp3) is 0.955. The molecule has 5 atom stereocenters. The van der Waals surface area contributed by atoms with Gasteiger partial charge >= 0.3 is 39.5 Å². The summed E-state index contributed by atoms with van der Waals surface area (Å²) in [6.45, 7) is 5.06. The first-order chi connectivity index (χ1) is 52.7. The first-order valence-corrected chi connectivity index (χ1v) is 49.3. The highest BCUT2D eigenvalue weighted by Crippen LogP contribution is 2.45. The second-order valence-electron chi connectivity index (χ2n) is 32.0. The molecule has 0 radical (unpaired) electrons. The highest BCUT2D eigenvalue weighted by Gasteiger charge is 2.30. The number of aliphatic hydroxyl groups is 1. The molecule has 0 saturated heterocycles. The summed E-state index contributed by atoms with van der Waals surface area (Å²) in [5, 5.41) is 10.7. The molecular weight excluding hydrogens is 1400 g/mol. The van der Waals surface area contributed by atoms with Crippen LogP contribution >= 0.6 is 15.6 Å². The van der Waals surface area contributed by atoms with Gasteiger partial charge in [0.1, 0.15) is 19.3 Å². The number of hydrogen-bond acceptors (Lipinski definition) is 15. The van der Waals surface area contributed by atoms with Gasteiger partial charge in [0.25, 0.3) is 0 Å². The van der Waals surface area contributed by atoms with E-state index in [9.17, 15) is 43.2 Å². The molecule has 0 saturated carbocycles. The standard InChI is InChI=1S/C89H174O17P2/c1-5-9-13-17-21-25-28-31-34-37-40-42-44-47-50-53-56-60-64-68-72-76-89(94)106-85(80-100-87(92)74-70-66-62-58-54-51-48-46-43-41-38-35-32-29-26-22-18-14-10-6-2)82-104-108(97,98)102-78-83(90)77-101-107(95,96)103-81-84(79-99-86(91)73-69-65-61-57-24-20-16-12-8-4)105-88(93)75-71-67-63-59-55-52-49-45-39-36-33-30-27-23-19-15-11-7-3/h83-85,90H,5-82H2,1-4H3,(H,95,96)(H,97,98)/t83-,84+,85+/m0/s1. The third kappa shape index (κ3) is 82.1. The Balaban J connectivity index is 5.19. The average molecular weight is 1580 g/mol. The van der Waals surface area contributed by atoms with Gasteiger partial charge in [-0.05, 0) is 25.7 Å². The molecule has 2 unspecified atom stereocenters. The van der Waals surface area contributed by atoms with Crippen LogP contribution in [0, 0.1) is 0 Å². The lowest BCUT2D eigenvalue weighted by Gasteiger charge is -2.21. The highest BCUT2D eigenvalue weighted by atomic mass is 31.2. The summed E-state index contributed by atoms with van der Waals surface area (Å²) in [4.78, 5) is 73.3. The molecule has 3 N–H and O–H groups in total. The van der Waals surface area contributed by atoms with E-state index in [-0.39, 0.29) is 25.7 Å². The maximum absolute atomic E-state index is 13.2. The van der Waals surface area contributed by atoms with Crippen LogP contribution in [0.2, 0.25) is 0 Å². The van der Waals surface area contributed by atoms with Crippen molar-refractivity contribution in [1.82, 2.24) is 0 Å². The van der Waals surface area contributed by atoms with E-state index in [1.54, 1.807) is 0 Å². The van der Waals surface area contributed by atoms with E-state index in [2.05, 4.69) is 27.7 Å². The first-order valence-electron chi connectivity index (χ1n) is 46.3. The predicted octanol–water partition coefficient (Wildman–Crippen LogP) is 27.7. The fourth-order valence-electron chi connectivity index (χ4n) is 14.1. The van der Waals surface area contributed by atoms with Crippen molar-refractivity contribution in [2.24, 2.45) is 0 Å². The maximum Gasteiger partial charge on any atom is 0.472 e. The number of carbonyl (C=O) groups excluding carboxylic acids is 4. The van der Waals surface area contributed by atoms with Crippen molar-refractivity contribution < 1.29 is 80.2 Å². The lowest BCUT2D eigenvalue weighted by atomic mass is 10.0. The van der Waals surface area contributed by atoms with Crippen LogP contribution in [0.4, 0.5) is 0 Å². The Morgan fingerprint density at radius 2 is 0.370 bits per heavy atom. The molecule has 0 amide bonds. The van der Waals surface area contributed by atoms with Crippen LogP contribution in [-0.2, 0) is 65.4 Å². The van der Waals surface area contributed by atoms with Gasteiger partial charge in [0.2, 0.25) is 0 Å². The maximum atomic E-state index is 13.2. The van der Waals surface area contributed by atoms with Crippen molar-refractivity contribution in [2.75, 3.05) is 39.6 Å². The second kappa shape index (κ2) is 83.0. The number of aliphatic hydroxyl groups excluding tert-OH is 1. The van der Waals surface area contributed by atoms with Crippen LogP contribution in [0.1, 0.15) is 490 Å². The van der Waals surface area contributed by atoms with Crippen LogP contribution in [0.25, 0.3) is 0 Å². The molecule has 0 fully saturated rings. The van der Waals surface area contributed by atoms with Gasteiger partial charge in [-0.1, -0.05) is 439 Å². The van der Waals surface area contributed by atoms with E-state index < -0.39 is 97.5 Å². The minimum atomic E-state index is -4.97. The van der Waals surface area contributed by atoms with E-state index >= 15 is 0 Å². The molecule has 0 aromatic heterocycles. The smallest absolute Gasteiger partial charge is 0.462 e. The average Bonchev–Trinajstić information content (AvgIpc) is 0.901. The quantitative estimate of drug-likeness (QED) is 0.0222. The number of ether oxygens (including phenoxy) is 4. The summed E-state index contributed by atoms with van der Waals surface area (Å²) in [6, 6.07) is 0. The molecule has 0 aliphatic rings. The zero-order chi connectivity index (χ0) is 78.9. The van der Waals surface area contributed by atoms with E-state index in [1.807, 2.05) is 0 Å². The van der Waals surface area contributed by atoms with Gasteiger partial charge in [-0.2, -0.15) is 0 Å². The van der Waals surface area contributed by atoms with E-state index in [1.165, 1.54) is 321 Å². The van der Waals surface area contributed by atoms with Crippen LogP contribution < -0.4 is 0 Å². The molecule has 108 heavy (non-hydrogen) atoms. The number of unbranched alkanes of at least 4 members (excludes halogenated alkanes) is 64. The Morgan fingerprint density at radius 3 is 0.546 bits per heavy atom. The summed E-state index contributed by atoms with van der Waals surface area (Å²) < 4.78 is 68.9. The van der Waals surface area contributed by atoms with Crippen LogP contribution in [0.15, 0.2) is 0 Å². The number of hydrogen-bond donors (Lipinski definition) is 3. The Hall–Kier alpha value is -1.94. The highest BCUT2D eigenvalue weighted by molar-refractivity contribution is 7.47.